The summed E-state index contributed by atoms with van der Waals surface area (Å²) in [4.78, 5) is 27.0. The number of ether oxygens (including phenoxy) is 1. The Labute approximate surface area is 231 Å². The van der Waals surface area contributed by atoms with E-state index in [1.54, 1.807) is 6.07 Å². The Balaban J connectivity index is 0.000000268. The molecule has 1 amide bonds. The van der Waals surface area contributed by atoms with E-state index in [0.717, 1.165) is 42.8 Å². The van der Waals surface area contributed by atoms with Gasteiger partial charge in [0.15, 0.2) is 0 Å². The Kier molecular flexibility index (Phi) is 15.2. The van der Waals surface area contributed by atoms with Crippen LogP contribution in [-0.4, -0.2) is 59.2 Å². The maximum Gasteiger partial charge on any atom is 0.348 e. The number of esters is 1. The van der Waals surface area contributed by atoms with E-state index in [2.05, 4.69) is 38.1 Å². The molecule has 8 heteroatoms. The van der Waals surface area contributed by atoms with E-state index < -0.39 is 18.2 Å². The first-order chi connectivity index (χ1) is 18.4. The van der Waals surface area contributed by atoms with E-state index in [-0.39, 0.29) is 32.0 Å². The lowest BCUT2D eigenvalue weighted by molar-refractivity contribution is -0.117. The van der Waals surface area contributed by atoms with E-state index >= 15 is 0 Å². The molecule has 0 bridgehead atoms. The number of aryl methyl sites for hydroxylation is 2. The number of rotatable bonds is 15. The Morgan fingerprint density at radius 1 is 0.974 bits per heavy atom. The normalized spacial score (nSPS) is 14.7. The molecule has 38 heavy (non-hydrogen) atoms. The maximum atomic E-state index is 11.7. The fraction of sp³-hybridized carbons (Fsp3) is 0.600. The quantitative estimate of drug-likeness (QED) is 0.207. The van der Waals surface area contributed by atoms with Gasteiger partial charge >= 0.3 is 5.97 Å². The largest absolute Gasteiger partial charge is 0.459 e. The number of nitrogens with zero attached hydrogens (tertiary/aromatic N) is 1. The van der Waals surface area contributed by atoms with Crippen LogP contribution in [-0.2, 0) is 22.4 Å². The van der Waals surface area contributed by atoms with Gasteiger partial charge in [-0.05, 0) is 68.4 Å². The van der Waals surface area contributed by atoms with Crippen molar-refractivity contribution in [2.24, 2.45) is 0 Å². The lowest BCUT2D eigenvalue weighted by atomic mass is 10.1. The van der Waals surface area contributed by atoms with Crippen LogP contribution in [0.4, 0.5) is 5.69 Å². The summed E-state index contributed by atoms with van der Waals surface area (Å²) >= 11 is 1.41. The summed E-state index contributed by atoms with van der Waals surface area (Å²) < 4.78 is 5.02. The second-order valence-corrected chi connectivity index (χ2v) is 11.0. The van der Waals surface area contributed by atoms with Gasteiger partial charge in [0.25, 0.3) is 0 Å². The standard InChI is InChI=1S/C16H23NO.C14H22O5S/c1-2-3-4-5-7-14-9-11-15(12-10-14)17-13-6-8-16(17)18;1-2-3-12-6-7-13(20-12)14(18)19-9-11(17)5-4-10(16)8-15/h9-12H,2-8,13H2,1H3;6-7,10-11,15-17H,2-5,8-9H2,1H3. The van der Waals surface area contributed by atoms with E-state index in [1.807, 2.05) is 11.0 Å². The average Bonchev–Trinajstić information content (AvgIpc) is 3.58. The van der Waals surface area contributed by atoms with Crippen LogP contribution < -0.4 is 4.90 Å². The average molecular weight is 548 g/mol. The van der Waals surface area contributed by atoms with Gasteiger partial charge in [0.1, 0.15) is 11.5 Å². The first-order valence-corrected chi connectivity index (χ1v) is 14.8. The molecule has 1 saturated heterocycles. The fourth-order valence-electron chi connectivity index (χ4n) is 4.19. The molecule has 1 aliphatic heterocycles. The zero-order chi connectivity index (χ0) is 27.8. The van der Waals surface area contributed by atoms with Gasteiger partial charge in [0, 0.05) is 23.5 Å². The van der Waals surface area contributed by atoms with Crippen LogP contribution in [0.5, 0.6) is 0 Å². The fourth-order valence-corrected chi connectivity index (χ4v) is 5.19. The van der Waals surface area contributed by atoms with Gasteiger partial charge in [-0.2, -0.15) is 0 Å². The molecule has 212 valence electrons. The molecule has 7 nitrogen and oxygen atoms in total. The number of aliphatic hydroxyl groups is 3. The molecule has 0 radical (unpaired) electrons. The van der Waals surface area contributed by atoms with Crippen LogP contribution in [0.1, 0.15) is 91.7 Å². The van der Waals surface area contributed by atoms with Gasteiger partial charge in [0.05, 0.1) is 18.8 Å². The van der Waals surface area contributed by atoms with Crippen LogP contribution in [0.2, 0.25) is 0 Å². The molecule has 1 aromatic carbocycles. The highest BCUT2D eigenvalue weighted by molar-refractivity contribution is 7.13. The van der Waals surface area contributed by atoms with Crippen molar-refractivity contribution in [3.63, 3.8) is 0 Å². The highest BCUT2D eigenvalue weighted by Gasteiger charge is 2.21. The third kappa shape index (κ3) is 11.6. The molecule has 3 N–H and O–H groups in total. The minimum atomic E-state index is -0.839. The SMILES string of the molecule is CCCCCCc1ccc(N2CCCC2=O)cc1.CCCc1ccc(C(=O)OCC(O)CCC(O)CO)s1. The number of thiophene rings is 1. The van der Waals surface area contributed by atoms with Crippen LogP contribution in [0.15, 0.2) is 36.4 Å². The Bertz CT molecular complexity index is 944. The minimum Gasteiger partial charge on any atom is -0.459 e. The van der Waals surface area contributed by atoms with E-state index in [9.17, 15) is 14.7 Å². The van der Waals surface area contributed by atoms with Crippen LogP contribution in [0.3, 0.4) is 0 Å². The van der Waals surface area contributed by atoms with Crippen molar-refractivity contribution in [3.05, 3.63) is 51.7 Å². The lowest BCUT2D eigenvalue weighted by Gasteiger charge is -2.15. The summed E-state index contributed by atoms with van der Waals surface area (Å²) in [6.45, 7) is 4.77. The number of aliphatic hydroxyl groups excluding tert-OH is 3. The number of carbonyl (C=O) groups excluding carboxylic acids is 2. The van der Waals surface area contributed by atoms with Crippen molar-refractivity contribution in [2.45, 2.75) is 96.7 Å². The van der Waals surface area contributed by atoms with Crippen LogP contribution >= 0.6 is 11.3 Å². The molecule has 2 atom stereocenters. The molecule has 3 rings (SSSR count). The number of carbonyl (C=O) groups is 2. The van der Waals surface area contributed by atoms with Crippen LogP contribution in [0, 0.1) is 0 Å². The summed E-state index contributed by atoms with van der Waals surface area (Å²) in [6, 6.07) is 12.2. The van der Waals surface area contributed by atoms with Gasteiger partial charge in [-0.25, -0.2) is 4.79 Å². The zero-order valence-corrected chi connectivity index (χ0v) is 23.8. The number of anilines is 1. The molecule has 2 heterocycles. The zero-order valence-electron chi connectivity index (χ0n) is 22.9. The highest BCUT2D eigenvalue weighted by atomic mass is 32.1. The molecular formula is C30H45NO6S. The predicted molar refractivity (Wildman–Crippen MR) is 153 cm³/mol. The van der Waals surface area contributed by atoms with Crippen LogP contribution in [0.25, 0.3) is 0 Å². The number of hydrogen-bond donors (Lipinski definition) is 3. The van der Waals surface area contributed by atoms with Gasteiger partial charge in [-0.15, -0.1) is 11.3 Å². The lowest BCUT2D eigenvalue weighted by Crippen LogP contribution is -2.23. The van der Waals surface area contributed by atoms with E-state index in [0.29, 0.717) is 11.3 Å². The van der Waals surface area contributed by atoms with Crippen molar-refractivity contribution in [1.82, 2.24) is 0 Å². The second kappa shape index (κ2) is 18.1. The molecule has 0 spiro atoms. The number of hydrogen-bond acceptors (Lipinski definition) is 7. The van der Waals surface area contributed by atoms with Crippen molar-refractivity contribution in [2.75, 3.05) is 24.7 Å². The monoisotopic (exact) mass is 547 g/mol. The van der Waals surface area contributed by atoms with Gasteiger partial charge in [-0.1, -0.05) is 51.7 Å². The van der Waals surface area contributed by atoms with Crippen molar-refractivity contribution in [1.29, 1.82) is 0 Å². The predicted octanol–water partition coefficient (Wildman–Crippen LogP) is 5.29. The molecular weight excluding hydrogens is 502 g/mol. The maximum absolute atomic E-state index is 11.7. The first kappa shape index (κ1) is 32.0. The molecule has 0 saturated carbocycles. The van der Waals surface area contributed by atoms with E-state index in [1.165, 1.54) is 42.6 Å². The number of amides is 1. The summed E-state index contributed by atoms with van der Waals surface area (Å²) in [5.41, 5.74) is 2.45. The molecule has 1 aliphatic rings. The first-order valence-electron chi connectivity index (χ1n) is 14.0. The van der Waals surface area contributed by atoms with E-state index in [4.69, 9.17) is 14.9 Å². The van der Waals surface area contributed by atoms with Gasteiger partial charge in [-0.3, -0.25) is 4.79 Å². The topological polar surface area (TPSA) is 107 Å². The Hall–Kier alpha value is -2.26. The van der Waals surface area contributed by atoms with Crippen molar-refractivity contribution < 1.29 is 29.6 Å². The molecule has 0 aliphatic carbocycles. The minimum absolute atomic E-state index is 0.0992. The third-order valence-corrected chi connectivity index (χ3v) is 7.58. The summed E-state index contributed by atoms with van der Waals surface area (Å²) in [5.74, 6) is -0.162. The van der Waals surface area contributed by atoms with Gasteiger partial charge in [0.2, 0.25) is 5.91 Å². The number of unbranched alkanes of at least 4 members (excludes halogenated alkanes) is 3. The second-order valence-electron chi connectivity index (χ2n) is 9.81. The molecule has 1 fully saturated rings. The molecule has 2 unspecified atom stereocenters. The Morgan fingerprint density at radius 3 is 2.34 bits per heavy atom. The Morgan fingerprint density at radius 2 is 1.71 bits per heavy atom. The number of benzene rings is 1. The summed E-state index contributed by atoms with van der Waals surface area (Å²) in [6.07, 6.45) is 8.94. The summed E-state index contributed by atoms with van der Waals surface area (Å²) in [5, 5.41) is 27.4. The third-order valence-electron chi connectivity index (χ3n) is 6.45. The van der Waals surface area contributed by atoms with Gasteiger partial charge < -0.3 is 25.0 Å². The summed E-state index contributed by atoms with van der Waals surface area (Å²) in [7, 11) is 0. The van der Waals surface area contributed by atoms with Crippen molar-refractivity contribution >= 4 is 28.9 Å². The van der Waals surface area contributed by atoms with Crippen molar-refractivity contribution in [3.8, 4) is 0 Å². The molecule has 2 aromatic rings. The smallest absolute Gasteiger partial charge is 0.348 e. The molecule has 1 aromatic heterocycles. The highest BCUT2D eigenvalue weighted by Crippen LogP contribution is 2.22.